The molecule has 0 aliphatic heterocycles. The molecule has 4 nitrogen and oxygen atoms in total. The third-order valence-corrected chi connectivity index (χ3v) is 1.89. The first kappa shape index (κ1) is 11.1. The number of anilines is 1. The second kappa shape index (κ2) is 4.47. The van der Waals surface area contributed by atoms with E-state index in [4.69, 9.17) is 11.5 Å². The molecule has 15 heavy (non-hydrogen) atoms. The van der Waals surface area contributed by atoms with Gasteiger partial charge in [-0.25, -0.2) is 4.98 Å². The highest BCUT2D eigenvalue weighted by molar-refractivity contribution is 5.76. The van der Waals surface area contributed by atoms with Crippen molar-refractivity contribution < 1.29 is 4.79 Å². The van der Waals surface area contributed by atoms with E-state index < -0.39 is 5.91 Å². The van der Waals surface area contributed by atoms with Gasteiger partial charge in [-0.1, -0.05) is 11.8 Å². The fourth-order valence-electron chi connectivity index (χ4n) is 1.27. The van der Waals surface area contributed by atoms with Gasteiger partial charge < -0.3 is 11.5 Å². The molecule has 0 spiro atoms. The molecule has 0 aromatic carbocycles. The van der Waals surface area contributed by atoms with Crippen LogP contribution in [0.15, 0.2) is 6.07 Å². The van der Waals surface area contributed by atoms with Crippen molar-refractivity contribution in [2.45, 2.75) is 20.3 Å². The minimum absolute atomic E-state index is 0.0588. The van der Waals surface area contributed by atoms with E-state index in [1.54, 1.807) is 6.07 Å². The molecule has 0 atom stereocenters. The van der Waals surface area contributed by atoms with Crippen LogP contribution in [-0.2, 0) is 4.79 Å². The Labute approximate surface area is 88.7 Å². The Hall–Kier alpha value is -2.02. The van der Waals surface area contributed by atoms with Gasteiger partial charge in [0.25, 0.3) is 0 Å². The van der Waals surface area contributed by atoms with Gasteiger partial charge >= 0.3 is 0 Å². The molecule has 0 bridgehead atoms. The standard InChI is InChI=1S/C11H13N3O/c1-7-6-10(12)14-8(2)9(7)4-3-5-11(13)15/h6H,5H2,1-2H3,(H2,12,14)(H2,13,15). The normalized spacial score (nSPS) is 9.20. The second-order valence-electron chi connectivity index (χ2n) is 3.27. The topological polar surface area (TPSA) is 82.0 Å². The van der Waals surface area contributed by atoms with Crippen LogP contribution in [-0.4, -0.2) is 10.9 Å². The summed E-state index contributed by atoms with van der Waals surface area (Å²) >= 11 is 0. The van der Waals surface area contributed by atoms with Crippen molar-refractivity contribution in [3.05, 3.63) is 22.9 Å². The fraction of sp³-hybridized carbons (Fsp3) is 0.273. The van der Waals surface area contributed by atoms with E-state index in [1.165, 1.54) is 0 Å². The number of nitrogens with two attached hydrogens (primary N) is 2. The maximum absolute atomic E-state index is 10.5. The molecule has 0 aliphatic carbocycles. The first-order valence-electron chi connectivity index (χ1n) is 4.51. The van der Waals surface area contributed by atoms with Gasteiger partial charge in [0.1, 0.15) is 5.82 Å². The highest BCUT2D eigenvalue weighted by atomic mass is 16.1. The lowest BCUT2D eigenvalue weighted by atomic mass is 10.1. The van der Waals surface area contributed by atoms with Crippen LogP contribution < -0.4 is 11.5 Å². The van der Waals surface area contributed by atoms with Crippen molar-refractivity contribution in [3.8, 4) is 11.8 Å². The Morgan fingerprint density at radius 1 is 1.53 bits per heavy atom. The minimum Gasteiger partial charge on any atom is -0.384 e. The predicted octanol–water partition coefficient (Wildman–Crippen LogP) is 0.508. The number of amides is 1. The zero-order chi connectivity index (χ0) is 11.4. The molecule has 1 aromatic heterocycles. The Morgan fingerprint density at radius 3 is 2.73 bits per heavy atom. The summed E-state index contributed by atoms with van der Waals surface area (Å²) < 4.78 is 0. The zero-order valence-corrected chi connectivity index (χ0v) is 8.79. The molecule has 0 saturated heterocycles. The van der Waals surface area contributed by atoms with Crippen LogP contribution >= 0.6 is 0 Å². The van der Waals surface area contributed by atoms with Crippen molar-refractivity contribution in [3.63, 3.8) is 0 Å². The predicted molar refractivity (Wildman–Crippen MR) is 58.8 cm³/mol. The van der Waals surface area contributed by atoms with E-state index in [1.807, 2.05) is 13.8 Å². The van der Waals surface area contributed by atoms with Crippen LogP contribution in [0.3, 0.4) is 0 Å². The van der Waals surface area contributed by atoms with Crippen LogP contribution in [0, 0.1) is 25.7 Å². The number of carbonyl (C=O) groups is 1. The second-order valence-corrected chi connectivity index (χ2v) is 3.27. The zero-order valence-electron chi connectivity index (χ0n) is 8.79. The van der Waals surface area contributed by atoms with Gasteiger partial charge in [-0.3, -0.25) is 4.79 Å². The molecule has 78 valence electrons. The Morgan fingerprint density at radius 2 is 2.20 bits per heavy atom. The number of nitrogens with zero attached hydrogens (tertiary/aromatic N) is 1. The van der Waals surface area contributed by atoms with Crippen LogP contribution in [0.5, 0.6) is 0 Å². The largest absolute Gasteiger partial charge is 0.384 e. The maximum atomic E-state index is 10.5. The molecule has 1 rings (SSSR count). The number of hydrogen-bond donors (Lipinski definition) is 2. The number of pyridine rings is 1. The van der Waals surface area contributed by atoms with Gasteiger partial charge in [-0.05, 0) is 25.5 Å². The summed E-state index contributed by atoms with van der Waals surface area (Å²) in [4.78, 5) is 14.6. The molecule has 1 amide bonds. The van der Waals surface area contributed by atoms with Crippen molar-refractivity contribution in [2.24, 2.45) is 5.73 Å². The van der Waals surface area contributed by atoms with Crippen molar-refractivity contribution >= 4 is 11.7 Å². The van der Waals surface area contributed by atoms with Gasteiger partial charge in [0.15, 0.2) is 0 Å². The fourth-order valence-corrected chi connectivity index (χ4v) is 1.27. The van der Waals surface area contributed by atoms with Gasteiger partial charge in [0.2, 0.25) is 5.91 Å². The van der Waals surface area contributed by atoms with Gasteiger partial charge in [0, 0.05) is 5.56 Å². The highest BCUT2D eigenvalue weighted by Gasteiger charge is 2.02. The molecular formula is C11H13N3O. The van der Waals surface area contributed by atoms with E-state index in [-0.39, 0.29) is 6.42 Å². The number of rotatable bonds is 1. The molecule has 0 unspecified atom stereocenters. The third kappa shape index (κ3) is 2.99. The van der Waals surface area contributed by atoms with Crippen LogP contribution in [0.1, 0.15) is 23.2 Å². The van der Waals surface area contributed by atoms with E-state index in [0.29, 0.717) is 5.82 Å². The Bertz CT molecular complexity index is 432. The molecular weight excluding hydrogens is 190 g/mol. The molecule has 0 fully saturated rings. The van der Waals surface area contributed by atoms with Crippen LogP contribution in [0.25, 0.3) is 0 Å². The summed E-state index contributed by atoms with van der Waals surface area (Å²) in [5, 5.41) is 0. The summed E-state index contributed by atoms with van der Waals surface area (Å²) in [7, 11) is 0. The summed E-state index contributed by atoms with van der Waals surface area (Å²) in [6, 6.07) is 1.75. The molecule has 4 N–H and O–H groups in total. The highest BCUT2D eigenvalue weighted by Crippen LogP contribution is 2.12. The molecule has 0 radical (unpaired) electrons. The molecule has 1 heterocycles. The summed E-state index contributed by atoms with van der Waals surface area (Å²) in [5.41, 5.74) is 13.1. The molecule has 0 aliphatic rings. The lowest BCUT2D eigenvalue weighted by Crippen LogP contribution is -2.08. The van der Waals surface area contributed by atoms with E-state index in [9.17, 15) is 4.79 Å². The Kier molecular flexibility index (Phi) is 3.29. The van der Waals surface area contributed by atoms with Crippen molar-refractivity contribution in [2.75, 3.05) is 5.73 Å². The van der Waals surface area contributed by atoms with Crippen LogP contribution in [0.4, 0.5) is 5.82 Å². The lowest BCUT2D eigenvalue weighted by molar-refractivity contribution is -0.117. The van der Waals surface area contributed by atoms with Gasteiger partial charge in [-0.2, -0.15) is 0 Å². The average molecular weight is 203 g/mol. The van der Waals surface area contributed by atoms with Gasteiger partial charge in [0.05, 0.1) is 12.1 Å². The quantitative estimate of drug-likeness (QED) is 0.652. The summed E-state index contributed by atoms with van der Waals surface area (Å²) in [6.45, 7) is 3.73. The number of carbonyl (C=O) groups excluding carboxylic acids is 1. The first-order valence-corrected chi connectivity index (χ1v) is 4.51. The maximum Gasteiger partial charge on any atom is 0.229 e. The lowest BCUT2D eigenvalue weighted by Gasteiger charge is -2.03. The molecule has 1 aromatic rings. The smallest absolute Gasteiger partial charge is 0.229 e. The molecule has 0 saturated carbocycles. The van der Waals surface area contributed by atoms with Gasteiger partial charge in [-0.15, -0.1) is 0 Å². The first-order chi connectivity index (χ1) is 7.00. The summed E-state index contributed by atoms with van der Waals surface area (Å²) in [6.07, 6.45) is 0.0588. The minimum atomic E-state index is -0.429. The number of aryl methyl sites for hydroxylation is 2. The van der Waals surface area contributed by atoms with E-state index >= 15 is 0 Å². The summed E-state index contributed by atoms with van der Waals surface area (Å²) in [5.74, 6) is 5.62. The monoisotopic (exact) mass is 203 g/mol. The van der Waals surface area contributed by atoms with E-state index in [2.05, 4.69) is 16.8 Å². The number of primary amides is 1. The average Bonchev–Trinajstić information content (AvgIpc) is 2.08. The third-order valence-electron chi connectivity index (χ3n) is 1.89. The SMILES string of the molecule is Cc1cc(N)nc(C)c1C#CCC(N)=O. The van der Waals surface area contributed by atoms with Crippen LogP contribution in [0.2, 0.25) is 0 Å². The number of hydrogen-bond acceptors (Lipinski definition) is 3. The van der Waals surface area contributed by atoms with Crippen molar-refractivity contribution in [1.82, 2.24) is 4.98 Å². The van der Waals surface area contributed by atoms with Crippen molar-refractivity contribution in [1.29, 1.82) is 0 Å². The number of aromatic nitrogens is 1. The van der Waals surface area contributed by atoms with E-state index in [0.717, 1.165) is 16.8 Å². The molecule has 4 heteroatoms. The Balaban J connectivity index is 3.03. The number of nitrogen functional groups attached to an aromatic ring is 1.